The fraction of sp³-hybridized carbons (Fsp3) is 0.0667. The zero-order chi connectivity index (χ0) is 12.1. The molecule has 0 amide bonds. The molecule has 2 rings (SSSR count). The second kappa shape index (κ2) is 5.21. The maximum absolute atomic E-state index is 5.74. The lowest BCUT2D eigenvalue weighted by atomic mass is 10.2. The van der Waals surface area contributed by atoms with Crippen molar-refractivity contribution in [2.75, 3.05) is 7.11 Å². The molecular formula is C15H14O2. The molecular weight excluding hydrogens is 212 g/mol. The number of benzene rings is 2. The van der Waals surface area contributed by atoms with Gasteiger partial charge in [0.25, 0.3) is 0 Å². The molecule has 0 aliphatic carbocycles. The van der Waals surface area contributed by atoms with Crippen LogP contribution in [-0.2, 0) is 0 Å². The standard InChI is InChI=1S/C15H14O2/c1-3-12-8-10-13(11-9-12)17-15-7-5-4-6-14(15)16-2/h3-11H,1H2,2H3. The van der Waals surface area contributed by atoms with Crippen LogP contribution in [0.15, 0.2) is 55.1 Å². The van der Waals surface area contributed by atoms with E-state index in [9.17, 15) is 0 Å². The minimum atomic E-state index is 0.710. The second-order valence-electron chi connectivity index (χ2n) is 3.53. The molecule has 17 heavy (non-hydrogen) atoms. The van der Waals surface area contributed by atoms with Crippen molar-refractivity contribution in [1.82, 2.24) is 0 Å². The molecule has 2 aromatic carbocycles. The molecule has 0 saturated heterocycles. The Balaban J connectivity index is 2.21. The average Bonchev–Trinajstić information content (AvgIpc) is 2.40. The van der Waals surface area contributed by atoms with E-state index in [2.05, 4.69) is 6.58 Å². The van der Waals surface area contributed by atoms with Gasteiger partial charge in [-0.2, -0.15) is 0 Å². The summed E-state index contributed by atoms with van der Waals surface area (Å²) in [5.41, 5.74) is 1.07. The van der Waals surface area contributed by atoms with E-state index in [1.807, 2.05) is 48.5 Å². The first-order chi connectivity index (χ1) is 8.33. The summed E-state index contributed by atoms with van der Waals surface area (Å²) >= 11 is 0. The molecule has 0 spiro atoms. The van der Waals surface area contributed by atoms with Gasteiger partial charge in [0.15, 0.2) is 11.5 Å². The van der Waals surface area contributed by atoms with Gasteiger partial charge in [0.05, 0.1) is 7.11 Å². The quantitative estimate of drug-likeness (QED) is 0.780. The molecule has 0 N–H and O–H groups in total. The summed E-state index contributed by atoms with van der Waals surface area (Å²) in [5, 5.41) is 0. The summed E-state index contributed by atoms with van der Waals surface area (Å²) in [5.74, 6) is 2.21. The predicted octanol–water partition coefficient (Wildman–Crippen LogP) is 4.13. The van der Waals surface area contributed by atoms with Gasteiger partial charge in [-0.1, -0.05) is 36.9 Å². The van der Waals surface area contributed by atoms with Crippen molar-refractivity contribution in [3.8, 4) is 17.2 Å². The SMILES string of the molecule is C=Cc1ccc(Oc2ccccc2OC)cc1. The summed E-state index contributed by atoms with van der Waals surface area (Å²) < 4.78 is 11.0. The minimum absolute atomic E-state index is 0.710. The molecule has 0 saturated carbocycles. The van der Waals surface area contributed by atoms with Gasteiger partial charge in [-0.15, -0.1) is 0 Å². The molecule has 0 aromatic heterocycles. The van der Waals surface area contributed by atoms with Crippen molar-refractivity contribution in [3.05, 3.63) is 60.7 Å². The predicted molar refractivity (Wildman–Crippen MR) is 69.6 cm³/mol. The van der Waals surface area contributed by atoms with Crippen molar-refractivity contribution in [2.45, 2.75) is 0 Å². The van der Waals surface area contributed by atoms with Crippen LogP contribution in [0.5, 0.6) is 17.2 Å². The Kier molecular flexibility index (Phi) is 3.46. The Morgan fingerprint density at radius 1 is 0.941 bits per heavy atom. The lowest BCUT2D eigenvalue weighted by Crippen LogP contribution is -1.89. The number of hydrogen-bond acceptors (Lipinski definition) is 2. The van der Waals surface area contributed by atoms with Crippen LogP contribution in [0.25, 0.3) is 6.08 Å². The normalized spacial score (nSPS) is 9.71. The third-order valence-electron chi connectivity index (χ3n) is 2.41. The van der Waals surface area contributed by atoms with Crippen LogP contribution in [-0.4, -0.2) is 7.11 Å². The van der Waals surface area contributed by atoms with Gasteiger partial charge in [-0.25, -0.2) is 0 Å². The molecule has 0 radical (unpaired) electrons. The van der Waals surface area contributed by atoms with Crippen molar-refractivity contribution in [2.24, 2.45) is 0 Å². The second-order valence-corrected chi connectivity index (χ2v) is 3.53. The minimum Gasteiger partial charge on any atom is -0.493 e. The zero-order valence-corrected chi connectivity index (χ0v) is 9.72. The molecule has 0 unspecified atom stereocenters. The van der Waals surface area contributed by atoms with Gasteiger partial charge in [-0.3, -0.25) is 0 Å². The Morgan fingerprint density at radius 2 is 1.59 bits per heavy atom. The highest BCUT2D eigenvalue weighted by Gasteiger charge is 2.03. The third-order valence-corrected chi connectivity index (χ3v) is 2.41. The number of methoxy groups -OCH3 is 1. The fourth-order valence-corrected chi connectivity index (χ4v) is 1.50. The summed E-state index contributed by atoms with van der Waals surface area (Å²) in [6.45, 7) is 3.71. The maximum atomic E-state index is 5.74. The lowest BCUT2D eigenvalue weighted by molar-refractivity contribution is 0.379. The maximum Gasteiger partial charge on any atom is 0.169 e. The van der Waals surface area contributed by atoms with Gasteiger partial charge >= 0.3 is 0 Å². The first-order valence-corrected chi connectivity index (χ1v) is 5.37. The largest absolute Gasteiger partial charge is 0.493 e. The Morgan fingerprint density at radius 3 is 2.18 bits per heavy atom. The molecule has 2 nitrogen and oxygen atoms in total. The van der Waals surface area contributed by atoms with E-state index in [-0.39, 0.29) is 0 Å². The molecule has 2 heteroatoms. The highest BCUT2D eigenvalue weighted by atomic mass is 16.5. The topological polar surface area (TPSA) is 18.5 Å². The van der Waals surface area contributed by atoms with Gasteiger partial charge in [0.2, 0.25) is 0 Å². The molecule has 0 aliphatic heterocycles. The van der Waals surface area contributed by atoms with Crippen LogP contribution in [0.2, 0.25) is 0 Å². The Hall–Kier alpha value is -2.22. The van der Waals surface area contributed by atoms with Crippen LogP contribution in [0.4, 0.5) is 0 Å². The van der Waals surface area contributed by atoms with Crippen LogP contribution in [0.3, 0.4) is 0 Å². The summed E-state index contributed by atoms with van der Waals surface area (Å²) in [6, 6.07) is 15.3. The fourth-order valence-electron chi connectivity index (χ4n) is 1.50. The van der Waals surface area contributed by atoms with Crippen LogP contribution in [0.1, 0.15) is 5.56 Å². The van der Waals surface area contributed by atoms with Gasteiger partial charge in [0, 0.05) is 0 Å². The molecule has 2 aromatic rings. The van der Waals surface area contributed by atoms with Crippen LogP contribution < -0.4 is 9.47 Å². The monoisotopic (exact) mass is 226 g/mol. The number of rotatable bonds is 4. The summed E-state index contributed by atoms with van der Waals surface area (Å²) in [7, 11) is 1.63. The lowest BCUT2D eigenvalue weighted by Gasteiger charge is -2.09. The van der Waals surface area contributed by atoms with Crippen LogP contribution in [0, 0.1) is 0 Å². The first-order valence-electron chi connectivity index (χ1n) is 5.37. The van der Waals surface area contributed by atoms with E-state index < -0.39 is 0 Å². The van der Waals surface area contributed by atoms with E-state index in [1.54, 1.807) is 13.2 Å². The number of hydrogen-bond donors (Lipinski definition) is 0. The average molecular weight is 226 g/mol. The molecule has 0 aliphatic rings. The van der Waals surface area contributed by atoms with Gasteiger partial charge in [0.1, 0.15) is 5.75 Å². The smallest absolute Gasteiger partial charge is 0.169 e. The number of para-hydroxylation sites is 2. The number of ether oxygens (including phenoxy) is 2. The van der Waals surface area contributed by atoms with Gasteiger partial charge < -0.3 is 9.47 Å². The summed E-state index contributed by atoms with van der Waals surface area (Å²) in [6.07, 6.45) is 1.80. The molecule has 0 heterocycles. The highest BCUT2D eigenvalue weighted by molar-refractivity contribution is 5.49. The van der Waals surface area contributed by atoms with E-state index in [0.29, 0.717) is 5.75 Å². The highest BCUT2D eigenvalue weighted by Crippen LogP contribution is 2.30. The zero-order valence-electron chi connectivity index (χ0n) is 9.72. The summed E-state index contributed by atoms with van der Waals surface area (Å²) in [4.78, 5) is 0. The molecule has 0 bridgehead atoms. The van der Waals surface area contributed by atoms with Crippen molar-refractivity contribution < 1.29 is 9.47 Å². The van der Waals surface area contributed by atoms with Gasteiger partial charge in [-0.05, 0) is 29.8 Å². The van der Waals surface area contributed by atoms with Crippen molar-refractivity contribution in [3.63, 3.8) is 0 Å². The van der Waals surface area contributed by atoms with E-state index >= 15 is 0 Å². The van der Waals surface area contributed by atoms with Crippen molar-refractivity contribution >= 4 is 6.08 Å². The molecule has 86 valence electrons. The Labute approximate surface area is 101 Å². The Bertz CT molecular complexity index is 501. The van der Waals surface area contributed by atoms with E-state index in [1.165, 1.54) is 0 Å². The third kappa shape index (κ3) is 2.67. The molecule has 0 atom stereocenters. The van der Waals surface area contributed by atoms with Crippen molar-refractivity contribution in [1.29, 1.82) is 0 Å². The molecule has 0 fully saturated rings. The first kappa shape index (κ1) is 11.3. The van der Waals surface area contributed by atoms with E-state index in [0.717, 1.165) is 17.1 Å². The van der Waals surface area contributed by atoms with Crippen LogP contribution >= 0.6 is 0 Å². The van der Waals surface area contributed by atoms with E-state index in [4.69, 9.17) is 9.47 Å².